The minimum Gasteiger partial charge on any atom is -0.390 e. The Kier molecular flexibility index (Phi) is 4.17. The van der Waals surface area contributed by atoms with Crippen molar-refractivity contribution in [1.82, 2.24) is 0 Å². The van der Waals surface area contributed by atoms with Crippen molar-refractivity contribution in [3.05, 3.63) is 0 Å². The molecule has 0 bridgehead atoms. The fourth-order valence-electron chi connectivity index (χ4n) is 0.970. The first kappa shape index (κ1) is 10.5. The van der Waals surface area contributed by atoms with E-state index >= 15 is 0 Å². The highest BCUT2D eigenvalue weighted by Gasteiger charge is 2.29. The molecule has 0 heterocycles. The molecule has 2 N–H and O–H groups in total. The van der Waals surface area contributed by atoms with Gasteiger partial charge in [0.15, 0.2) is 0 Å². The average Bonchev–Trinajstić information content (AvgIpc) is 2.00. The summed E-state index contributed by atoms with van der Waals surface area (Å²) in [6, 6.07) is 0. The number of hydrogen-bond acceptors (Lipinski definition) is 2. The van der Waals surface area contributed by atoms with Gasteiger partial charge in [-0.1, -0.05) is 6.92 Å². The number of rotatable bonds is 4. The van der Waals surface area contributed by atoms with Gasteiger partial charge in [0.05, 0.1) is 11.7 Å². The lowest BCUT2D eigenvalue weighted by Gasteiger charge is -2.28. The molecule has 2 atom stereocenters. The van der Waals surface area contributed by atoms with Crippen LogP contribution < -0.4 is 0 Å². The summed E-state index contributed by atoms with van der Waals surface area (Å²) in [6.07, 6.45) is 5.85. The molecule has 0 aliphatic carbocycles. The molecule has 0 rings (SSSR count). The molecule has 2 nitrogen and oxygen atoms in total. The van der Waals surface area contributed by atoms with Crippen LogP contribution in [0, 0.1) is 12.3 Å². The summed E-state index contributed by atoms with van der Waals surface area (Å²) in [5, 5.41) is 18.9. The molecule has 0 aliphatic heterocycles. The second kappa shape index (κ2) is 4.38. The van der Waals surface area contributed by atoms with E-state index in [1.807, 2.05) is 6.92 Å². The van der Waals surface area contributed by atoms with E-state index < -0.39 is 11.7 Å². The molecule has 11 heavy (non-hydrogen) atoms. The van der Waals surface area contributed by atoms with E-state index in [9.17, 15) is 10.2 Å². The van der Waals surface area contributed by atoms with E-state index in [1.165, 1.54) is 0 Å². The monoisotopic (exact) mass is 156 g/mol. The molecule has 0 aromatic heterocycles. The standard InChI is InChI=1S/C9H16O2/c1-4-6-7-9(11,5-2)8(3)10/h1,8,10-11H,5-7H2,2-3H3. The Labute approximate surface area is 68.2 Å². The highest BCUT2D eigenvalue weighted by Crippen LogP contribution is 2.20. The zero-order valence-corrected chi connectivity index (χ0v) is 7.17. The molecule has 2 unspecified atom stereocenters. The predicted molar refractivity (Wildman–Crippen MR) is 45.0 cm³/mol. The van der Waals surface area contributed by atoms with Crippen LogP contribution in [0.3, 0.4) is 0 Å². The summed E-state index contributed by atoms with van der Waals surface area (Å²) in [6.45, 7) is 3.42. The molecule has 0 aromatic carbocycles. The van der Waals surface area contributed by atoms with Crippen LogP contribution in [0.15, 0.2) is 0 Å². The molecule has 0 spiro atoms. The molecule has 2 heteroatoms. The van der Waals surface area contributed by atoms with Crippen molar-refractivity contribution in [2.45, 2.75) is 44.8 Å². The first-order valence-electron chi connectivity index (χ1n) is 3.90. The van der Waals surface area contributed by atoms with E-state index in [2.05, 4.69) is 5.92 Å². The van der Waals surface area contributed by atoms with Crippen molar-refractivity contribution in [3.63, 3.8) is 0 Å². The number of aliphatic hydroxyl groups excluding tert-OH is 1. The summed E-state index contributed by atoms with van der Waals surface area (Å²) < 4.78 is 0. The highest BCUT2D eigenvalue weighted by atomic mass is 16.3. The van der Waals surface area contributed by atoms with Gasteiger partial charge >= 0.3 is 0 Å². The van der Waals surface area contributed by atoms with Crippen molar-refractivity contribution in [3.8, 4) is 12.3 Å². The molecule has 0 aliphatic rings. The van der Waals surface area contributed by atoms with Crippen LogP contribution in [0.1, 0.15) is 33.1 Å². The van der Waals surface area contributed by atoms with Gasteiger partial charge in [-0.3, -0.25) is 0 Å². The van der Waals surface area contributed by atoms with Crippen LogP contribution in [0.4, 0.5) is 0 Å². The third-order valence-corrected chi connectivity index (χ3v) is 2.09. The van der Waals surface area contributed by atoms with Crippen LogP contribution in [0.5, 0.6) is 0 Å². The maximum Gasteiger partial charge on any atom is 0.0909 e. The lowest BCUT2D eigenvalue weighted by molar-refractivity contribution is -0.0729. The van der Waals surface area contributed by atoms with Gasteiger partial charge < -0.3 is 10.2 Å². The van der Waals surface area contributed by atoms with Gasteiger partial charge in [0.1, 0.15) is 0 Å². The first-order chi connectivity index (χ1) is 5.06. The molecule has 0 saturated carbocycles. The fraction of sp³-hybridized carbons (Fsp3) is 0.778. The van der Waals surface area contributed by atoms with Crippen molar-refractivity contribution in [1.29, 1.82) is 0 Å². The van der Waals surface area contributed by atoms with Crippen LogP contribution in [0.2, 0.25) is 0 Å². The van der Waals surface area contributed by atoms with Crippen molar-refractivity contribution >= 4 is 0 Å². The Bertz CT molecular complexity index is 146. The average molecular weight is 156 g/mol. The maximum atomic E-state index is 9.68. The molecule has 0 aromatic rings. The van der Waals surface area contributed by atoms with Gasteiger partial charge in [-0.15, -0.1) is 12.3 Å². The molecule has 0 amide bonds. The second-order valence-electron chi connectivity index (χ2n) is 2.84. The van der Waals surface area contributed by atoms with Crippen molar-refractivity contribution in [2.75, 3.05) is 0 Å². The van der Waals surface area contributed by atoms with Gasteiger partial charge in [-0.05, 0) is 19.8 Å². The first-order valence-corrected chi connectivity index (χ1v) is 3.90. The van der Waals surface area contributed by atoms with Crippen molar-refractivity contribution in [2.24, 2.45) is 0 Å². The minimum atomic E-state index is -0.994. The number of aliphatic hydroxyl groups is 2. The van der Waals surface area contributed by atoms with E-state index in [4.69, 9.17) is 6.42 Å². The largest absolute Gasteiger partial charge is 0.390 e. The third-order valence-electron chi connectivity index (χ3n) is 2.09. The summed E-state index contributed by atoms with van der Waals surface area (Å²) in [5.74, 6) is 2.44. The second-order valence-corrected chi connectivity index (χ2v) is 2.84. The molecule has 0 radical (unpaired) electrons. The topological polar surface area (TPSA) is 40.5 Å². The van der Waals surface area contributed by atoms with Crippen LogP contribution in [-0.4, -0.2) is 21.9 Å². The zero-order valence-electron chi connectivity index (χ0n) is 7.17. The van der Waals surface area contributed by atoms with Gasteiger partial charge in [-0.2, -0.15) is 0 Å². The van der Waals surface area contributed by atoms with Crippen LogP contribution in [0.25, 0.3) is 0 Å². The molecular formula is C9H16O2. The van der Waals surface area contributed by atoms with Crippen LogP contribution in [-0.2, 0) is 0 Å². The van der Waals surface area contributed by atoms with Crippen molar-refractivity contribution < 1.29 is 10.2 Å². The van der Waals surface area contributed by atoms with E-state index in [-0.39, 0.29) is 0 Å². The van der Waals surface area contributed by atoms with E-state index in [0.717, 1.165) is 0 Å². The van der Waals surface area contributed by atoms with Gasteiger partial charge in [-0.25, -0.2) is 0 Å². The normalized spacial score (nSPS) is 18.5. The highest BCUT2D eigenvalue weighted by molar-refractivity contribution is 4.91. The summed E-state index contributed by atoms with van der Waals surface area (Å²) in [5.41, 5.74) is -0.994. The Morgan fingerprint density at radius 2 is 2.18 bits per heavy atom. The molecule has 0 saturated heterocycles. The Morgan fingerprint density at radius 3 is 2.45 bits per heavy atom. The molecule has 64 valence electrons. The van der Waals surface area contributed by atoms with Gasteiger partial charge in [0.25, 0.3) is 0 Å². The van der Waals surface area contributed by atoms with Gasteiger partial charge in [0, 0.05) is 6.42 Å². The zero-order chi connectivity index (χ0) is 8.91. The number of terminal acetylenes is 1. The quantitative estimate of drug-likeness (QED) is 0.594. The molecular weight excluding hydrogens is 140 g/mol. The van der Waals surface area contributed by atoms with Gasteiger partial charge in [0.2, 0.25) is 0 Å². The Hall–Kier alpha value is -0.520. The summed E-state index contributed by atoms with van der Waals surface area (Å²) in [7, 11) is 0. The number of hydrogen-bond donors (Lipinski definition) is 2. The SMILES string of the molecule is C#CCCC(O)(CC)C(C)O. The summed E-state index contributed by atoms with van der Waals surface area (Å²) >= 11 is 0. The molecule has 0 fully saturated rings. The van der Waals surface area contributed by atoms with Crippen LogP contribution >= 0.6 is 0 Å². The van der Waals surface area contributed by atoms with E-state index in [1.54, 1.807) is 6.92 Å². The lowest BCUT2D eigenvalue weighted by Crippen LogP contribution is -2.39. The lowest BCUT2D eigenvalue weighted by atomic mass is 9.90. The summed E-state index contributed by atoms with van der Waals surface area (Å²) in [4.78, 5) is 0. The Balaban J connectivity index is 4.01. The third kappa shape index (κ3) is 2.92. The predicted octanol–water partition coefficient (Wildman–Crippen LogP) is 0.922. The fourth-order valence-corrected chi connectivity index (χ4v) is 0.970. The maximum absolute atomic E-state index is 9.68. The van der Waals surface area contributed by atoms with E-state index in [0.29, 0.717) is 19.3 Å². The smallest absolute Gasteiger partial charge is 0.0909 e. The Morgan fingerprint density at radius 1 is 1.64 bits per heavy atom. The minimum absolute atomic E-state index is 0.470.